The SMILES string of the molecule is CCC1SCCSC1c1nc(C(F)(F)F)c(C(=O)O)s1. The molecule has 0 bridgehead atoms. The van der Waals surface area contributed by atoms with Crippen LogP contribution in [0.4, 0.5) is 13.2 Å². The van der Waals surface area contributed by atoms with Crippen LogP contribution in [0.2, 0.25) is 0 Å². The van der Waals surface area contributed by atoms with E-state index in [-0.39, 0.29) is 15.5 Å². The Bertz CT molecular complexity index is 504. The summed E-state index contributed by atoms with van der Waals surface area (Å²) in [5, 5.41) is 9.23. The lowest BCUT2D eigenvalue weighted by atomic mass is 10.2. The molecule has 1 aliphatic heterocycles. The molecule has 0 aromatic carbocycles. The van der Waals surface area contributed by atoms with Gasteiger partial charge in [-0.3, -0.25) is 0 Å². The van der Waals surface area contributed by atoms with Crippen molar-refractivity contribution in [2.45, 2.75) is 30.0 Å². The molecule has 1 aromatic heterocycles. The number of aromatic nitrogens is 1. The average Bonchev–Trinajstić information content (AvgIpc) is 2.83. The molecule has 112 valence electrons. The van der Waals surface area contributed by atoms with Crippen molar-refractivity contribution in [1.29, 1.82) is 0 Å². The first-order valence-electron chi connectivity index (χ1n) is 5.89. The van der Waals surface area contributed by atoms with Crippen molar-refractivity contribution in [1.82, 2.24) is 4.98 Å². The Morgan fingerprint density at radius 2 is 2.05 bits per heavy atom. The van der Waals surface area contributed by atoms with E-state index < -0.39 is 22.7 Å². The van der Waals surface area contributed by atoms with Crippen LogP contribution < -0.4 is 0 Å². The normalized spacial score (nSPS) is 23.8. The molecule has 0 aliphatic carbocycles. The quantitative estimate of drug-likeness (QED) is 0.893. The summed E-state index contributed by atoms with van der Waals surface area (Å²) in [5.41, 5.74) is -1.27. The van der Waals surface area contributed by atoms with Crippen molar-refractivity contribution in [2.24, 2.45) is 0 Å². The summed E-state index contributed by atoms with van der Waals surface area (Å²) >= 11 is 3.93. The number of hydrogen-bond acceptors (Lipinski definition) is 5. The van der Waals surface area contributed by atoms with Gasteiger partial charge in [0.25, 0.3) is 0 Å². The topological polar surface area (TPSA) is 50.2 Å². The Morgan fingerprint density at radius 3 is 2.55 bits per heavy atom. The van der Waals surface area contributed by atoms with Crippen molar-refractivity contribution in [2.75, 3.05) is 11.5 Å². The Hall–Kier alpha value is -0.410. The van der Waals surface area contributed by atoms with Gasteiger partial charge in [-0.2, -0.15) is 24.9 Å². The number of hydrogen-bond donors (Lipinski definition) is 1. The van der Waals surface area contributed by atoms with E-state index in [9.17, 15) is 18.0 Å². The second kappa shape index (κ2) is 6.15. The van der Waals surface area contributed by atoms with E-state index in [4.69, 9.17) is 5.11 Å². The number of aromatic carboxylic acids is 1. The highest BCUT2D eigenvalue weighted by molar-refractivity contribution is 8.06. The van der Waals surface area contributed by atoms with Gasteiger partial charge in [0.2, 0.25) is 0 Å². The molecule has 2 atom stereocenters. The van der Waals surface area contributed by atoms with Gasteiger partial charge in [0.1, 0.15) is 9.88 Å². The molecule has 0 radical (unpaired) electrons. The van der Waals surface area contributed by atoms with Crippen LogP contribution in [0.1, 0.15) is 39.0 Å². The fraction of sp³-hybridized carbons (Fsp3) is 0.636. The number of carboxylic acids is 1. The van der Waals surface area contributed by atoms with Gasteiger partial charge < -0.3 is 5.11 Å². The fourth-order valence-corrected chi connectivity index (χ4v) is 6.27. The molecule has 1 aliphatic rings. The van der Waals surface area contributed by atoms with E-state index in [1.807, 2.05) is 6.92 Å². The molecule has 0 saturated carbocycles. The molecule has 0 spiro atoms. The number of rotatable bonds is 3. The van der Waals surface area contributed by atoms with Crippen LogP contribution in [0.25, 0.3) is 0 Å². The van der Waals surface area contributed by atoms with E-state index in [1.54, 1.807) is 23.5 Å². The lowest BCUT2D eigenvalue weighted by Crippen LogP contribution is -2.18. The lowest BCUT2D eigenvalue weighted by Gasteiger charge is -2.28. The summed E-state index contributed by atoms with van der Waals surface area (Å²) in [7, 11) is 0. The molecule has 20 heavy (non-hydrogen) atoms. The van der Waals surface area contributed by atoms with Gasteiger partial charge in [-0.15, -0.1) is 23.1 Å². The highest BCUT2D eigenvalue weighted by Crippen LogP contribution is 2.47. The molecule has 1 N–H and O–H groups in total. The largest absolute Gasteiger partial charge is 0.477 e. The van der Waals surface area contributed by atoms with Crippen LogP contribution in [0, 0.1) is 0 Å². The third kappa shape index (κ3) is 3.25. The third-order valence-corrected chi connectivity index (χ3v) is 7.33. The molecule has 2 heterocycles. The highest BCUT2D eigenvalue weighted by Gasteiger charge is 2.41. The zero-order chi connectivity index (χ0) is 14.9. The predicted molar refractivity (Wildman–Crippen MR) is 75.8 cm³/mol. The maximum atomic E-state index is 12.8. The van der Waals surface area contributed by atoms with Crippen molar-refractivity contribution in [3.63, 3.8) is 0 Å². The number of halogens is 3. The minimum absolute atomic E-state index is 0.155. The zero-order valence-electron chi connectivity index (χ0n) is 10.4. The third-order valence-electron chi connectivity index (χ3n) is 2.80. The van der Waals surface area contributed by atoms with Gasteiger partial charge in [-0.05, 0) is 6.42 Å². The summed E-state index contributed by atoms with van der Waals surface area (Å²) in [6.45, 7) is 1.98. The monoisotopic (exact) mass is 343 g/mol. The van der Waals surface area contributed by atoms with Crippen molar-refractivity contribution in [3.8, 4) is 0 Å². The lowest BCUT2D eigenvalue weighted by molar-refractivity contribution is -0.141. The summed E-state index contributed by atoms with van der Waals surface area (Å²) in [6, 6.07) is 0. The van der Waals surface area contributed by atoms with E-state index in [0.717, 1.165) is 17.9 Å². The number of carboxylic acid groups (broad SMARTS) is 1. The predicted octanol–water partition coefficient (Wildman–Crippen LogP) is 4.16. The van der Waals surface area contributed by atoms with Gasteiger partial charge in [0.15, 0.2) is 5.69 Å². The molecule has 0 amide bonds. The Morgan fingerprint density at radius 1 is 1.40 bits per heavy atom. The number of nitrogens with zero attached hydrogens (tertiary/aromatic N) is 1. The van der Waals surface area contributed by atoms with Crippen molar-refractivity contribution < 1.29 is 23.1 Å². The molecule has 2 unspecified atom stereocenters. The van der Waals surface area contributed by atoms with Crippen LogP contribution in [0.15, 0.2) is 0 Å². The number of thiazole rings is 1. The van der Waals surface area contributed by atoms with Crippen LogP contribution in [0.5, 0.6) is 0 Å². The second-order valence-electron chi connectivity index (χ2n) is 4.14. The van der Waals surface area contributed by atoms with Gasteiger partial charge in [0, 0.05) is 16.8 Å². The van der Waals surface area contributed by atoms with Gasteiger partial charge in [-0.25, -0.2) is 9.78 Å². The van der Waals surface area contributed by atoms with Gasteiger partial charge in [-0.1, -0.05) is 6.92 Å². The first-order valence-corrected chi connectivity index (χ1v) is 8.80. The summed E-state index contributed by atoms with van der Waals surface area (Å²) in [4.78, 5) is 13.9. The molecule has 3 nitrogen and oxygen atoms in total. The highest BCUT2D eigenvalue weighted by atomic mass is 32.2. The number of thioether (sulfide) groups is 2. The Balaban J connectivity index is 2.40. The number of carbonyl (C=O) groups is 1. The molecular weight excluding hydrogens is 331 g/mol. The number of alkyl halides is 3. The Kier molecular flexibility index (Phi) is 4.91. The van der Waals surface area contributed by atoms with E-state index in [0.29, 0.717) is 11.3 Å². The summed E-state index contributed by atoms with van der Waals surface area (Å²) < 4.78 is 38.5. The standard InChI is InChI=1S/C11H12F3NO2S3/c1-2-5-6(19-4-3-18-5)9-15-8(11(12,13)14)7(20-9)10(16)17/h5-6H,2-4H2,1H3,(H,16,17). The van der Waals surface area contributed by atoms with Crippen LogP contribution in [-0.2, 0) is 6.18 Å². The first kappa shape index (κ1) is 16.0. The second-order valence-corrected chi connectivity index (χ2v) is 7.77. The van der Waals surface area contributed by atoms with Crippen LogP contribution >= 0.6 is 34.9 Å². The summed E-state index contributed by atoms with van der Waals surface area (Å²) in [6.07, 6.45) is -3.90. The average molecular weight is 343 g/mol. The van der Waals surface area contributed by atoms with Crippen molar-refractivity contribution in [3.05, 3.63) is 15.6 Å². The van der Waals surface area contributed by atoms with Crippen LogP contribution in [-0.4, -0.2) is 32.8 Å². The van der Waals surface area contributed by atoms with Crippen LogP contribution in [0.3, 0.4) is 0 Å². The molecule has 9 heteroatoms. The minimum atomic E-state index is -4.73. The maximum Gasteiger partial charge on any atom is 0.435 e. The summed E-state index contributed by atoms with van der Waals surface area (Å²) in [5.74, 6) is 0.237. The molecule has 1 fully saturated rings. The van der Waals surface area contributed by atoms with E-state index in [2.05, 4.69) is 4.98 Å². The fourth-order valence-electron chi connectivity index (χ4n) is 1.93. The van der Waals surface area contributed by atoms with Gasteiger partial charge in [0.05, 0.1) is 5.25 Å². The minimum Gasteiger partial charge on any atom is -0.477 e. The van der Waals surface area contributed by atoms with E-state index >= 15 is 0 Å². The molecular formula is C11H12F3NO2S3. The molecule has 1 aromatic rings. The first-order chi connectivity index (χ1) is 9.34. The zero-order valence-corrected chi connectivity index (χ0v) is 12.9. The van der Waals surface area contributed by atoms with E-state index in [1.165, 1.54) is 0 Å². The van der Waals surface area contributed by atoms with Crippen molar-refractivity contribution >= 4 is 40.8 Å². The maximum absolute atomic E-state index is 12.8. The smallest absolute Gasteiger partial charge is 0.435 e. The molecule has 1 saturated heterocycles. The molecule has 2 rings (SSSR count). The van der Waals surface area contributed by atoms with Gasteiger partial charge >= 0.3 is 12.1 Å². The Labute approximate surface area is 126 Å².